The molecule has 2 aromatic rings. The summed E-state index contributed by atoms with van der Waals surface area (Å²) >= 11 is 0. The number of aromatic nitrogens is 2. The molecule has 0 radical (unpaired) electrons. The van der Waals surface area contributed by atoms with Gasteiger partial charge in [0.15, 0.2) is 0 Å². The lowest BCUT2D eigenvalue weighted by atomic mass is 10.00. The van der Waals surface area contributed by atoms with Crippen molar-refractivity contribution in [1.29, 1.82) is 0 Å². The van der Waals surface area contributed by atoms with Crippen LogP contribution in [0.3, 0.4) is 0 Å². The lowest BCUT2D eigenvalue weighted by Crippen LogP contribution is -2.23. The number of hydrogen-bond donors (Lipinski definition) is 2. The van der Waals surface area contributed by atoms with E-state index in [4.69, 9.17) is 0 Å². The first-order valence-corrected chi connectivity index (χ1v) is 7.89. The molecular weight excluding hydrogens is 319 g/mol. The van der Waals surface area contributed by atoms with E-state index in [2.05, 4.69) is 10.2 Å². The number of aryl methyl sites for hydroxylation is 1. The summed E-state index contributed by atoms with van der Waals surface area (Å²) in [5.74, 6) is -0.0225. The van der Waals surface area contributed by atoms with Crippen LogP contribution in [0.15, 0.2) is 30.3 Å². The molecule has 0 saturated carbocycles. The Morgan fingerprint density at radius 1 is 1.29 bits per heavy atom. The number of hydrogen-bond acceptors (Lipinski definition) is 3. The highest BCUT2D eigenvalue weighted by Gasteiger charge is 2.36. The Morgan fingerprint density at radius 3 is 2.71 bits per heavy atom. The summed E-state index contributed by atoms with van der Waals surface area (Å²) in [6, 6.07) is 7.54. The molecule has 24 heavy (non-hydrogen) atoms. The van der Waals surface area contributed by atoms with Gasteiger partial charge in [0.05, 0.1) is 17.4 Å². The minimum atomic E-state index is -4.36. The number of H-pyrrole nitrogens is 1. The Labute approximate surface area is 138 Å². The molecule has 1 aliphatic heterocycles. The highest BCUT2D eigenvalue weighted by Crippen LogP contribution is 2.33. The Kier molecular flexibility index (Phi) is 4.64. The molecule has 0 aliphatic carbocycles. The van der Waals surface area contributed by atoms with Crippen LogP contribution in [0.5, 0.6) is 0 Å². The quantitative estimate of drug-likeness (QED) is 0.901. The molecule has 2 N–H and O–H groups in total. The Hall–Kier alpha value is -1.86. The smallest absolute Gasteiger partial charge is 0.391 e. The molecule has 1 aromatic carbocycles. The zero-order valence-electron chi connectivity index (χ0n) is 13.3. The van der Waals surface area contributed by atoms with Crippen LogP contribution in [0.2, 0.25) is 0 Å². The predicted octanol–water partition coefficient (Wildman–Crippen LogP) is 2.77. The van der Waals surface area contributed by atoms with Crippen LogP contribution in [0, 0.1) is 12.8 Å². The molecule has 1 aliphatic rings. The normalized spacial score (nSPS) is 22.2. The van der Waals surface area contributed by atoms with Crippen LogP contribution >= 0.6 is 0 Å². The maximum Gasteiger partial charge on any atom is 0.416 e. The van der Waals surface area contributed by atoms with Gasteiger partial charge in [0.2, 0.25) is 0 Å². The number of β-amino-alcohol motifs (C(OH)–C–C–N with tert-alkyl or cyclic N) is 1. The number of likely N-dealkylation sites (tertiary alicyclic amines) is 1. The van der Waals surface area contributed by atoms with E-state index < -0.39 is 17.8 Å². The van der Waals surface area contributed by atoms with Crippen LogP contribution in [0.1, 0.15) is 22.5 Å². The molecule has 2 unspecified atom stereocenters. The minimum absolute atomic E-state index is 0.0225. The highest BCUT2D eigenvalue weighted by molar-refractivity contribution is 5.29. The zero-order valence-corrected chi connectivity index (χ0v) is 13.3. The van der Waals surface area contributed by atoms with Gasteiger partial charge in [0, 0.05) is 31.2 Å². The Balaban J connectivity index is 1.67. The van der Waals surface area contributed by atoms with E-state index in [1.54, 1.807) is 6.07 Å². The van der Waals surface area contributed by atoms with Gasteiger partial charge in [-0.05, 0) is 31.0 Å². The van der Waals surface area contributed by atoms with Crippen molar-refractivity contribution in [1.82, 2.24) is 15.1 Å². The number of rotatable bonds is 4. The maximum absolute atomic E-state index is 13.1. The van der Waals surface area contributed by atoms with Crippen molar-refractivity contribution in [2.24, 2.45) is 5.92 Å². The first-order valence-electron chi connectivity index (χ1n) is 7.89. The van der Waals surface area contributed by atoms with Crippen molar-refractivity contribution >= 4 is 0 Å². The molecule has 0 spiro atoms. The summed E-state index contributed by atoms with van der Waals surface area (Å²) in [6.07, 6.45) is -4.30. The van der Waals surface area contributed by atoms with Crippen LogP contribution in [-0.4, -0.2) is 39.4 Å². The number of halogens is 3. The van der Waals surface area contributed by atoms with Gasteiger partial charge >= 0.3 is 6.18 Å². The number of aromatic amines is 1. The van der Waals surface area contributed by atoms with Crippen molar-refractivity contribution in [2.75, 3.05) is 13.1 Å². The van der Waals surface area contributed by atoms with Gasteiger partial charge in [-0.15, -0.1) is 0 Å². The fourth-order valence-corrected chi connectivity index (χ4v) is 3.29. The highest BCUT2D eigenvalue weighted by atomic mass is 19.4. The first-order chi connectivity index (χ1) is 11.3. The fraction of sp³-hybridized carbons (Fsp3) is 0.471. The Morgan fingerprint density at radius 2 is 2.04 bits per heavy atom. The number of aliphatic hydroxyl groups is 1. The monoisotopic (exact) mass is 339 g/mol. The second kappa shape index (κ2) is 6.57. The van der Waals surface area contributed by atoms with Gasteiger partial charge in [-0.1, -0.05) is 18.2 Å². The van der Waals surface area contributed by atoms with Gasteiger partial charge in [0.1, 0.15) is 0 Å². The third kappa shape index (κ3) is 3.79. The molecule has 0 bridgehead atoms. The van der Waals surface area contributed by atoms with Crippen molar-refractivity contribution in [2.45, 2.75) is 32.2 Å². The molecule has 0 amide bonds. The third-order valence-electron chi connectivity index (χ3n) is 4.43. The van der Waals surface area contributed by atoms with E-state index in [0.717, 1.165) is 17.5 Å². The topological polar surface area (TPSA) is 52.1 Å². The van der Waals surface area contributed by atoms with Crippen molar-refractivity contribution in [3.05, 3.63) is 52.8 Å². The number of nitrogens with one attached hydrogen (secondary N) is 1. The molecule has 1 fully saturated rings. The van der Waals surface area contributed by atoms with Gasteiger partial charge < -0.3 is 5.11 Å². The van der Waals surface area contributed by atoms with Crippen molar-refractivity contribution in [3.63, 3.8) is 0 Å². The van der Waals surface area contributed by atoms with Crippen LogP contribution in [-0.2, 0) is 19.1 Å². The maximum atomic E-state index is 13.1. The molecule has 1 aromatic heterocycles. The van der Waals surface area contributed by atoms with Crippen molar-refractivity contribution < 1.29 is 18.3 Å². The SMILES string of the molecule is Cc1cc(CC2CN(Cc3ccccc3C(F)(F)F)CC2O)n[nH]1. The second-order valence-electron chi connectivity index (χ2n) is 6.42. The van der Waals surface area contributed by atoms with Gasteiger partial charge in [-0.2, -0.15) is 18.3 Å². The van der Waals surface area contributed by atoms with E-state index in [1.807, 2.05) is 17.9 Å². The molecule has 1 saturated heterocycles. The zero-order chi connectivity index (χ0) is 17.3. The summed E-state index contributed by atoms with van der Waals surface area (Å²) < 4.78 is 39.3. The van der Waals surface area contributed by atoms with Gasteiger partial charge in [-0.25, -0.2) is 0 Å². The molecule has 7 heteroatoms. The Bertz CT molecular complexity index is 698. The molecule has 4 nitrogen and oxygen atoms in total. The molecule has 2 heterocycles. The average Bonchev–Trinajstić information content (AvgIpc) is 3.05. The standard InChI is InChI=1S/C17H20F3N3O/c1-11-6-14(22-21-11)7-13-9-23(10-16(13)24)8-12-4-2-3-5-15(12)17(18,19)20/h2-6,13,16,24H,7-10H2,1H3,(H,21,22). The minimum Gasteiger partial charge on any atom is -0.391 e. The van der Waals surface area contributed by atoms with E-state index in [9.17, 15) is 18.3 Å². The fourth-order valence-electron chi connectivity index (χ4n) is 3.29. The van der Waals surface area contributed by atoms with Crippen LogP contribution in [0.25, 0.3) is 0 Å². The summed E-state index contributed by atoms with van der Waals surface area (Å²) in [7, 11) is 0. The van der Waals surface area contributed by atoms with Gasteiger partial charge in [-0.3, -0.25) is 10.00 Å². The first kappa shape index (κ1) is 17.0. The predicted molar refractivity (Wildman–Crippen MR) is 83.2 cm³/mol. The molecular formula is C17H20F3N3O. The number of nitrogens with zero attached hydrogens (tertiary/aromatic N) is 2. The van der Waals surface area contributed by atoms with Crippen LogP contribution < -0.4 is 0 Å². The molecule has 130 valence electrons. The lowest BCUT2D eigenvalue weighted by molar-refractivity contribution is -0.138. The number of alkyl halides is 3. The summed E-state index contributed by atoms with van der Waals surface area (Å²) in [6.45, 7) is 3.02. The second-order valence-corrected chi connectivity index (χ2v) is 6.42. The van der Waals surface area contributed by atoms with E-state index in [0.29, 0.717) is 19.5 Å². The molecule has 3 rings (SSSR count). The summed E-state index contributed by atoms with van der Waals surface area (Å²) in [5, 5.41) is 17.3. The third-order valence-corrected chi connectivity index (χ3v) is 4.43. The average molecular weight is 339 g/mol. The largest absolute Gasteiger partial charge is 0.416 e. The summed E-state index contributed by atoms with van der Waals surface area (Å²) in [5.41, 5.74) is 1.46. The van der Waals surface area contributed by atoms with E-state index >= 15 is 0 Å². The summed E-state index contributed by atoms with van der Waals surface area (Å²) in [4.78, 5) is 1.87. The van der Waals surface area contributed by atoms with Crippen molar-refractivity contribution in [3.8, 4) is 0 Å². The number of aliphatic hydroxyl groups excluding tert-OH is 1. The lowest BCUT2D eigenvalue weighted by Gasteiger charge is -2.19. The molecule has 2 atom stereocenters. The van der Waals surface area contributed by atoms with E-state index in [-0.39, 0.29) is 18.0 Å². The van der Waals surface area contributed by atoms with Gasteiger partial charge in [0.25, 0.3) is 0 Å². The van der Waals surface area contributed by atoms with E-state index in [1.165, 1.54) is 12.1 Å². The number of benzene rings is 1. The van der Waals surface area contributed by atoms with Crippen LogP contribution in [0.4, 0.5) is 13.2 Å².